The fraction of sp³-hybridized carbons (Fsp3) is 0.714. The van der Waals surface area contributed by atoms with Crippen molar-refractivity contribution in [3.05, 3.63) is 34.9 Å². The van der Waals surface area contributed by atoms with Gasteiger partial charge in [-0.3, -0.25) is 0 Å². The van der Waals surface area contributed by atoms with Crippen molar-refractivity contribution >= 4 is 11.6 Å². The lowest BCUT2D eigenvalue weighted by Crippen LogP contribution is -2.35. The first-order valence-electron chi connectivity index (χ1n) is 9.27. The number of methoxy groups -OCH3 is 1. The van der Waals surface area contributed by atoms with Crippen LogP contribution >= 0.6 is 11.6 Å². The smallest absolute Gasteiger partial charge is 0.0433 e. The van der Waals surface area contributed by atoms with E-state index in [-0.39, 0.29) is 5.41 Å². The van der Waals surface area contributed by atoms with E-state index in [2.05, 4.69) is 56.4 Å². The normalized spacial score (nSPS) is 11.6. The molecule has 2 nitrogen and oxygen atoms in total. The highest BCUT2D eigenvalue weighted by molar-refractivity contribution is 6.30. The lowest BCUT2D eigenvalue weighted by Gasteiger charge is -2.32. The molecule has 0 heterocycles. The standard InChI is InChI=1S/C18H30ClN.C3H8O/c1-6-7-13-20(15(2)3)14-12-18(4,5)16-8-10-17(19)11-9-16;1-3-4-2/h8-11,15H,6-7,12-14H2,1-5H3;3H2,1-2H3. The summed E-state index contributed by atoms with van der Waals surface area (Å²) in [6.07, 6.45) is 3.74. The van der Waals surface area contributed by atoms with Crippen molar-refractivity contribution in [2.45, 2.75) is 72.3 Å². The summed E-state index contributed by atoms with van der Waals surface area (Å²) in [5.41, 5.74) is 1.57. The van der Waals surface area contributed by atoms with Crippen molar-refractivity contribution in [3.8, 4) is 0 Å². The second kappa shape index (κ2) is 12.7. The van der Waals surface area contributed by atoms with Crippen LogP contribution in [0.1, 0.15) is 66.4 Å². The number of hydrogen-bond acceptors (Lipinski definition) is 2. The van der Waals surface area contributed by atoms with Crippen LogP contribution in [0, 0.1) is 0 Å². The second-order valence-corrected chi connectivity index (χ2v) is 7.64. The number of rotatable bonds is 9. The van der Waals surface area contributed by atoms with Crippen LogP contribution in [0.2, 0.25) is 5.02 Å². The highest BCUT2D eigenvalue weighted by Crippen LogP contribution is 2.28. The van der Waals surface area contributed by atoms with Crippen LogP contribution in [-0.2, 0) is 10.2 Å². The van der Waals surface area contributed by atoms with Crippen molar-refractivity contribution in [3.63, 3.8) is 0 Å². The van der Waals surface area contributed by atoms with Crippen LogP contribution in [0.3, 0.4) is 0 Å². The third-order valence-corrected chi connectivity index (χ3v) is 4.72. The molecule has 0 N–H and O–H groups in total. The number of unbranched alkanes of at least 4 members (excludes halogenated alkanes) is 1. The summed E-state index contributed by atoms with van der Waals surface area (Å²) < 4.78 is 4.54. The Balaban J connectivity index is 0.00000118. The third kappa shape index (κ3) is 9.66. The predicted molar refractivity (Wildman–Crippen MR) is 108 cm³/mol. The highest BCUT2D eigenvalue weighted by atomic mass is 35.5. The van der Waals surface area contributed by atoms with E-state index in [0.717, 1.165) is 18.2 Å². The summed E-state index contributed by atoms with van der Waals surface area (Å²) in [6, 6.07) is 8.94. The maximum Gasteiger partial charge on any atom is 0.0433 e. The molecule has 0 aliphatic heterocycles. The molecule has 0 aromatic heterocycles. The van der Waals surface area contributed by atoms with Gasteiger partial charge in [-0.1, -0.05) is 50.9 Å². The minimum Gasteiger partial charge on any atom is -0.385 e. The Morgan fingerprint density at radius 2 is 1.62 bits per heavy atom. The van der Waals surface area contributed by atoms with Gasteiger partial charge in [-0.25, -0.2) is 0 Å². The van der Waals surface area contributed by atoms with Gasteiger partial charge in [-0.15, -0.1) is 0 Å². The number of benzene rings is 1. The minimum absolute atomic E-state index is 0.198. The van der Waals surface area contributed by atoms with E-state index < -0.39 is 0 Å². The number of ether oxygens (including phenoxy) is 1. The molecule has 0 fully saturated rings. The van der Waals surface area contributed by atoms with Gasteiger partial charge in [0, 0.05) is 24.8 Å². The molecule has 0 aliphatic carbocycles. The van der Waals surface area contributed by atoms with Gasteiger partial charge in [0.25, 0.3) is 0 Å². The van der Waals surface area contributed by atoms with E-state index in [1.54, 1.807) is 7.11 Å². The summed E-state index contributed by atoms with van der Waals surface area (Å²) in [6.45, 7) is 16.7. The summed E-state index contributed by atoms with van der Waals surface area (Å²) in [7, 11) is 1.68. The monoisotopic (exact) mass is 355 g/mol. The fourth-order valence-corrected chi connectivity index (χ4v) is 2.58. The van der Waals surface area contributed by atoms with Crippen LogP contribution in [0.25, 0.3) is 0 Å². The molecule has 1 aromatic carbocycles. The Morgan fingerprint density at radius 3 is 2.04 bits per heavy atom. The summed E-state index contributed by atoms with van der Waals surface area (Å²) in [4.78, 5) is 2.60. The van der Waals surface area contributed by atoms with Gasteiger partial charge in [0.15, 0.2) is 0 Å². The van der Waals surface area contributed by atoms with Gasteiger partial charge in [0.2, 0.25) is 0 Å². The van der Waals surface area contributed by atoms with Crippen LogP contribution < -0.4 is 0 Å². The van der Waals surface area contributed by atoms with Gasteiger partial charge >= 0.3 is 0 Å². The van der Waals surface area contributed by atoms with Gasteiger partial charge in [0.05, 0.1) is 0 Å². The van der Waals surface area contributed by atoms with E-state index in [9.17, 15) is 0 Å². The molecule has 0 saturated heterocycles. The number of nitrogens with zero attached hydrogens (tertiary/aromatic N) is 1. The lowest BCUT2D eigenvalue weighted by molar-refractivity contribution is 0.200. The van der Waals surface area contributed by atoms with E-state index in [1.165, 1.54) is 31.4 Å². The van der Waals surface area contributed by atoms with Crippen molar-refractivity contribution in [1.82, 2.24) is 4.90 Å². The van der Waals surface area contributed by atoms with Gasteiger partial charge in [0.1, 0.15) is 0 Å². The molecule has 0 atom stereocenters. The third-order valence-electron chi connectivity index (χ3n) is 4.47. The van der Waals surface area contributed by atoms with Gasteiger partial charge in [-0.2, -0.15) is 0 Å². The van der Waals surface area contributed by atoms with Crippen molar-refractivity contribution in [2.75, 3.05) is 26.8 Å². The van der Waals surface area contributed by atoms with Crippen molar-refractivity contribution < 1.29 is 4.74 Å². The van der Waals surface area contributed by atoms with Gasteiger partial charge < -0.3 is 9.64 Å². The quantitative estimate of drug-likeness (QED) is 0.525. The Morgan fingerprint density at radius 1 is 1.08 bits per heavy atom. The largest absolute Gasteiger partial charge is 0.385 e. The molecule has 0 radical (unpaired) electrons. The summed E-state index contributed by atoms with van der Waals surface area (Å²) in [5.74, 6) is 0. The highest BCUT2D eigenvalue weighted by Gasteiger charge is 2.22. The molecule has 0 saturated carbocycles. The molecular formula is C21H38ClNO. The van der Waals surface area contributed by atoms with Crippen LogP contribution in [0.5, 0.6) is 0 Å². The molecule has 0 unspecified atom stereocenters. The summed E-state index contributed by atoms with van der Waals surface area (Å²) in [5, 5.41) is 0.816. The Hall–Kier alpha value is -0.570. The average Bonchev–Trinajstić information content (AvgIpc) is 2.55. The molecule has 24 heavy (non-hydrogen) atoms. The maximum absolute atomic E-state index is 5.98. The van der Waals surface area contributed by atoms with E-state index in [0.29, 0.717) is 6.04 Å². The van der Waals surface area contributed by atoms with Gasteiger partial charge in [-0.05, 0) is 69.8 Å². The zero-order valence-corrected chi connectivity index (χ0v) is 17.6. The molecule has 0 bridgehead atoms. The zero-order valence-electron chi connectivity index (χ0n) is 16.9. The first kappa shape index (κ1) is 23.4. The average molecular weight is 356 g/mol. The number of hydrogen-bond donors (Lipinski definition) is 0. The zero-order chi connectivity index (χ0) is 18.6. The second-order valence-electron chi connectivity index (χ2n) is 7.20. The molecule has 0 spiro atoms. The molecular weight excluding hydrogens is 318 g/mol. The fourth-order valence-electron chi connectivity index (χ4n) is 2.46. The lowest BCUT2D eigenvalue weighted by atomic mass is 9.81. The Kier molecular flexibility index (Phi) is 12.4. The van der Waals surface area contributed by atoms with Crippen LogP contribution in [0.15, 0.2) is 24.3 Å². The molecule has 1 rings (SSSR count). The molecule has 3 heteroatoms. The maximum atomic E-state index is 5.98. The minimum atomic E-state index is 0.198. The predicted octanol–water partition coefficient (Wildman–Crippen LogP) is 6.17. The summed E-state index contributed by atoms with van der Waals surface area (Å²) >= 11 is 5.98. The molecule has 1 aromatic rings. The topological polar surface area (TPSA) is 12.5 Å². The van der Waals surface area contributed by atoms with E-state index in [4.69, 9.17) is 11.6 Å². The van der Waals surface area contributed by atoms with Crippen molar-refractivity contribution in [1.29, 1.82) is 0 Å². The SMILES string of the molecule is CCCCN(CCC(C)(C)c1ccc(Cl)cc1)C(C)C.CCOC. The first-order chi connectivity index (χ1) is 11.3. The molecule has 0 amide bonds. The Bertz CT molecular complexity index is 412. The first-order valence-corrected chi connectivity index (χ1v) is 9.65. The van der Waals surface area contributed by atoms with E-state index in [1.807, 2.05) is 19.1 Å². The Labute approximate surface area is 155 Å². The van der Waals surface area contributed by atoms with Crippen molar-refractivity contribution in [2.24, 2.45) is 0 Å². The molecule has 140 valence electrons. The van der Waals surface area contributed by atoms with Crippen LogP contribution in [0.4, 0.5) is 0 Å². The number of halogens is 1. The van der Waals surface area contributed by atoms with Crippen LogP contribution in [-0.4, -0.2) is 37.7 Å². The molecule has 0 aliphatic rings. The van der Waals surface area contributed by atoms with E-state index >= 15 is 0 Å².